The highest BCUT2D eigenvalue weighted by molar-refractivity contribution is 7.92. The van der Waals surface area contributed by atoms with E-state index in [1.165, 1.54) is 35.2 Å². The van der Waals surface area contributed by atoms with E-state index in [0.29, 0.717) is 17.0 Å². The highest BCUT2D eigenvalue weighted by Gasteiger charge is 2.33. The zero-order valence-corrected chi connectivity index (χ0v) is 24.9. The van der Waals surface area contributed by atoms with Crippen LogP contribution in [0.3, 0.4) is 0 Å². The Morgan fingerprint density at radius 3 is 2.13 bits per heavy atom. The fourth-order valence-corrected chi connectivity index (χ4v) is 5.75. The number of nitrogens with one attached hydrogen (secondary N) is 1. The molecule has 0 aliphatic heterocycles. The van der Waals surface area contributed by atoms with E-state index in [1.54, 1.807) is 49.4 Å². The fraction of sp³-hybridized carbons (Fsp3) is 0.286. The maximum Gasteiger partial charge on any atom is 0.264 e. The summed E-state index contributed by atoms with van der Waals surface area (Å²) in [5.41, 5.74) is 0.763. The zero-order valence-electron chi connectivity index (χ0n) is 21.8. The Labute approximate surface area is 244 Å². The van der Waals surface area contributed by atoms with E-state index in [2.05, 4.69) is 5.32 Å². The van der Waals surface area contributed by atoms with Crippen LogP contribution in [0.5, 0.6) is 0 Å². The van der Waals surface area contributed by atoms with Crippen LogP contribution in [-0.4, -0.2) is 43.8 Å². The summed E-state index contributed by atoms with van der Waals surface area (Å²) in [4.78, 5) is 28.3. The molecule has 3 rings (SSSR count). The van der Waals surface area contributed by atoms with Crippen LogP contribution in [0, 0.1) is 0 Å². The second kappa shape index (κ2) is 13.5. The first-order valence-electron chi connectivity index (χ1n) is 12.3. The van der Waals surface area contributed by atoms with Crippen LogP contribution in [-0.2, 0) is 26.2 Å². The predicted octanol–water partition coefficient (Wildman–Crippen LogP) is 6.17. The summed E-state index contributed by atoms with van der Waals surface area (Å²) in [7, 11) is -4.24. The van der Waals surface area contributed by atoms with Crippen molar-refractivity contribution in [1.29, 1.82) is 0 Å². The predicted molar refractivity (Wildman–Crippen MR) is 157 cm³/mol. The Hall–Kier alpha value is -2.78. The van der Waals surface area contributed by atoms with E-state index < -0.39 is 28.5 Å². The lowest BCUT2D eigenvalue weighted by Gasteiger charge is -2.32. The van der Waals surface area contributed by atoms with Crippen molar-refractivity contribution in [1.82, 2.24) is 10.2 Å². The Bertz CT molecular complexity index is 1400. The average molecular weight is 611 g/mol. The summed E-state index contributed by atoms with van der Waals surface area (Å²) < 4.78 is 28.5. The standard InChI is InChI=1S/C28H30Cl3N3O4S/c1-4-19(2)32-28(36)20(3)33(17-21-10-12-22(29)13-11-21)27(35)18-34(26-16-23(30)14-15-25(26)31)39(37,38)24-8-6-5-7-9-24/h5-16,19-20H,4,17-18H2,1-3H3,(H,32,36)/t19-,20-/m0/s1. The van der Waals surface area contributed by atoms with Crippen molar-refractivity contribution < 1.29 is 18.0 Å². The number of benzene rings is 3. The van der Waals surface area contributed by atoms with Crippen LogP contribution in [0.25, 0.3) is 0 Å². The van der Waals surface area contributed by atoms with E-state index in [1.807, 2.05) is 13.8 Å². The largest absolute Gasteiger partial charge is 0.352 e. The lowest BCUT2D eigenvalue weighted by molar-refractivity contribution is -0.139. The molecule has 3 aromatic rings. The molecular weight excluding hydrogens is 581 g/mol. The van der Waals surface area contributed by atoms with E-state index in [4.69, 9.17) is 34.8 Å². The van der Waals surface area contributed by atoms with Gasteiger partial charge in [-0.15, -0.1) is 0 Å². The van der Waals surface area contributed by atoms with Gasteiger partial charge < -0.3 is 10.2 Å². The molecule has 11 heteroatoms. The SMILES string of the molecule is CC[C@H](C)NC(=O)[C@H](C)N(Cc1ccc(Cl)cc1)C(=O)CN(c1cc(Cl)ccc1Cl)S(=O)(=O)c1ccccc1. The number of carbonyl (C=O) groups excluding carboxylic acids is 2. The van der Waals surface area contributed by atoms with Crippen LogP contribution < -0.4 is 9.62 Å². The van der Waals surface area contributed by atoms with Crippen molar-refractivity contribution in [3.8, 4) is 0 Å². The molecular formula is C28H30Cl3N3O4S. The number of sulfonamides is 1. The first-order chi connectivity index (χ1) is 18.4. The van der Waals surface area contributed by atoms with Crippen LogP contribution in [0.4, 0.5) is 5.69 Å². The molecule has 0 aliphatic carbocycles. The van der Waals surface area contributed by atoms with Gasteiger partial charge >= 0.3 is 0 Å². The van der Waals surface area contributed by atoms with Gasteiger partial charge in [0.2, 0.25) is 11.8 Å². The molecule has 208 valence electrons. The van der Waals surface area contributed by atoms with Gasteiger partial charge in [-0.3, -0.25) is 13.9 Å². The number of hydrogen-bond acceptors (Lipinski definition) is 4. The summed E-state index contributed by atoms with van der Waals surface area (Å²) in [6, 6.07) is 17.9. The van der Waals surface area contributed by atoms with Gasteiger partial charge in [-0.05, 0) is 68.3 Å². The minimum Gasteiger partial charge on any atom is -0.352 e. The third-order valence-corrected chi connectivity index (χ3v) is 8.80. The number of halogens is 3. The zero-order chi connectivity index (χ0) is 28.7. The number of amides is 2. The summed E-state index contributed by atoms with van der Waals surface area (Å²) in [6.45, 7) is 4.84. The smallest absolute Gasteiger partial charge is 0.264 e. The van der Waals surface area contributed by atoms with Gasteiger partial charge in [-0.2, -0.15) is 0 Å². The van der Waals surface area contributed by atoms with Gasteiger partial charge in [0.15, 0.2) is 0 Å². The first-order valence-corrected chi connectivity index (χ1v) is 14.9. The summed E-state index contributed by atoms with van der Waals surface area (Å²) in [6.07, 6.45) is 0.708. The van der Waals surface area contributed by atoms with Crippen LogP contribution in [0.2, 0.25) is 15.1 Å². The monoisotopic (exact) mass is 609 g/mol. The van der Waals surface area contributed by atoms with Crippen molar-refractivity contribution in [3.63, 3.8) is 0 Å². The topological polar surface area (TPSA) is 86.8 Å². The molecule has 0 fully saturated rings. The number of anilines is 1. The maximum absolute atomic E-state index is 13.9. The lowest BCUT2D eigenvalue weighted by Crippen LogP contribution is -2.52. The molecule has 0 saturated carbocycles. The molecule has 0 aliphatic rings. The molecule has 0 saturated heterocycles. The highest BCUT2D eigenvalue weighted by atomic mass is 35.5. The lowest BCUT2D eigenvalue weighted by atomic mass is 10.1. The first kappa shape index (κ1) is 30.8. The minimum absolute atomic E-state index is 0.0272. The molecule has 2 atom stereocenters. The maximum atomic E-state index is 13.9. The normalized spacial score (nSPS) is 12.9. The third-order valence-electron chi connectivity index (χ3n) is 6.22. The van der Waals surface area contributed by atoms with Gasteiger partial charge in [0, 0.05) is 22.6 Å². The Morgan fingerprint density at radius 1 is 0.897 bits per heavy atom. The van der Waals surface area contributed by atoms with E-state index in [9.17, 15) is 18.0 Å². The van der Waals surface area contributed by atoms with Crippen LogP contribution in [0.1, 0.15) is 32.8 Å². The quantitative estimate of drug-likeness (QED) is 0.281. The number of rotatable bonds is 11. The summed E-state index contributed by atoms with van der Waals surface area (Å²) in [5.74, 6) is -0.961. The van der Waals surface area contributed by atoms with Gasteiger partial charge in [-0.1, -0.05) is 72.1 Å². The van der Waals surface area contributed by atoms with Crippen molar-refractivity contribution in [3.05, 3.63) is 93.4 Å². The van der Waals surface area contributed by atoms with Gasteiger partial charge in [0.25, 0.3) is 10.0 Å². The summed E-state index contributed by atoms with van der Waals surface area (Å²) in [5, 5.41) is 3.76. The average Bonchev–Trinajstić information content (AvgIpc) is 2.92. The summed E-state index contributed by atoms with van der Waals surface area (Å²) >= 11 is 18.6. The van der Waals surface area contributed by atoms with E-state index >= 15 is 0 Å². The van der Waals surface area contributed by atoms with E-state index in [0.717, 1.165) is 4.31 Å². The van der Waals surface area contributed by atoms with Gasteiger partial charge in [0.05, 0.1) is 15.6 Å². The van der Waals surface area contributed by atoms with Gasteiger partial charge in [-0.25, -0.2) is 8.42 Å². The number of carbonyl (C=O) groups is 2. The van der Waals surface area contributed by atoms with Crippen LogP contribution >= 0.6 is 34.8 Å². The Kier molecular flexibility index (Phi) is 10.7. The molecule has 0 unspecified atom stereocenters. The molecule has 2 amide bonds. The minimum atomic E-state index is -4.24. The van der Waals surface area contributed by atoms with E-state index in [-0.39, 0.29) is 39.1 Å². The van der Waals surface area contributed by atoms with Crippen molar-refractivity contribution in [2.24, 2.45) is 0 Å². The molecule has 0 bridgehead atoms. The van der Waals surface area contributed by atoms with Crippen molar-refractivity contribution in [2.75, 3.05) is 10.8 Å². The molecule has 0 aromatic heterocycles. The fourth-order valence-electron chi connectivity index (χ4n) is 3.74. The number of hydrogen-bond donors (Lipinski definition) is 1. The Morgan fingerprint density at radius 2 is 1.51 bits per heavy atom. The van der Waals surface area contributed by atoms with Gasteiger partial charge in [0.1, 0.15) is 12.6 Å². The molecule has 1 N–H and O–H groups in total. The number of nitrogens with zero attached hydrogens (tertiary/aromatic N) is 2. The van der Waals surface area contributed by atoms with Crippen molar-refractivity contribution >= 4 is 62.3 Å². The van der Waals surface area contributed by atoms with Crippen LogP contribution in [0.15, 0.2) is 77.7 Å². The highest BCUT2D eigenvalue weighted by Crippen LogP contribution is 2.33. The molecule has 0 spiro atoms. The molecule has 3 aromatic carbocycles. The third kappa shape index (κ3) is 7.88. The molecule has 0 radical (unpaired) electrons. The molecule has 7 nitrogen and oxygen atoms in total. The molecule has 39 heavy (non-hydrogen) atoms. The molecule has 0 heterocycles. The van der Waals surface area contributed by atoms with Crippen molar-refractivity contribution in [2.45, 2.75) is 50.7 Å². The second-order valence-electron chi connectivity index (χ2n) is 9.06. The Balaban J connectivity index is 2.05. The second-order valence-corrected chi connectivity index (χ2v) is 12.2.